The van der Waals surface area contributed by atoms with Crippen molar-refractivity contribution in [1.29, 1.82) is 0 Å². The maximum atomic E-state index is 12.3. The van der Waals surface area contributed by atoms with Crippen molar-refractivity contribution in [1.82, 2.24) is 14.5 Å². The normalized spacial score (nSPS) is 11.1. The van der Waals surface area contributed by atoms with Gasteiger partial charge in [0.25, 0.3) is 5.56 Å². The number of aryl methyl sites for hydroxylation is 2. The van der Waals surface area contributed by atoms with Crippen molar-refractivity contribution >= 4 is 34.0 Å². The Kier molecular flexibility index (Phi) is 3.84. The summed E-state index contributed by atoms with van der Waals surface area (Å²) in [5, 5.41) is 2.71. The van der Waals surface area contributed by atoms with Gasteiger partial charge in [-0.1, -0.05) is 23.9 Å². The summed E-state index contributed by atoms with van der Waals surface area (Å²) in [6, 6.07) is 7.43. The fourth-order valence-corrected chi connectivity index (χ4v) is 3.75. The summed E-state index contributed by atoms with van der Waals surface area (Å²) < 4.78 is 2.71. The van der Waals surface area contributed by atoms with E-state index in [0.29, 0.717) is 11.9 Å². The van der Waals surface area contributed by atoms with Crippen molar-refractivity contribution in [3.8, 4) is 0 Å². The van der Waals surface area contributed by atoms with Gasteiger partial charge in [-0.2, -0.15) is 0 Å². The Labute approximate surface area is 124 Å². The highest BCUT2D eigenvalue weighted by Crippen LogP contribution is 2.22. The van der Waals surface area contributed by atoms with Crippen LogP contribution >= 0.6 is 23.1 Å². The summed E-state index contributed by atoms with van der Waals surface area (Å²) in [7, 11) is 0. The fourth-order valence-electron chi connectivity index (χ4n) is 1.90. The van der Waals surface area contributed by atoms with Crippen LogP contribution in [0.15, 0.2) is 45.1 Å². The molecule has 0 aliphatic rings. The third-order valence-electron chi connectivity index (χ3n) is 2.89. The van der Waals surface area contributed by atoms with Gasteiger partial charge in [-0.3, -0.25) is 9.36 Å². The first-order valence-electron chi connectivity index (χ1n) is 6.23. The quantitative estimate of drug-likeness (QED) is 0.695. The molecule has 2 aromatic heterocycles. The van der Waals surface area contributed by atoms with Crippen LogP contribution in [0, 0.1) is 6.92 Å². The Hall–Kier alpha value is -1.66. The lowest BCUT2D eigenvalue weighted by Crippen LogP contribution is -2.21. The molecular formula is C14H13N3OS2. The van der Waals surface area contributed by atoms with E-state index in [-0.39, 0.29) is 5.56 Å². The molecule has 0 spiro atoms. The zero-order valence-corrected chi connectivity index (χ0v) is 12.6. The van der Waals surface area contributed by atoms with Crippen molar-refractivity contribution in [2.45, 2.75) is 17.8 Å². The summed E-state index contributed by atoms with van der Waals surface area (Å²) in [5.74, 6) is 0.812. The second kappa shape index (κ2) is 5.76. The maximum Gasteiger partial charge on any atom is 0.261 e. The topological polar surface area (TPSA) is 47.8 Å². The first-order valence-corrected chi connectivity index (χ1v) is 8.10. The Morgan fingerprint density at radius 1 is 1.35 bits per heavy atom. The second-order valence-electron chi connectivity index (χ2n) is 4.36. The van der Waals surface area contributed by atoms with Crippen molar-refractivity contribution in [3.05, 3.63) is 52.0 Å². The van der Waals surface area contributed by atoms with E-state index in [2.05, 4.69) is 9.97 Å². The molecular weight excluding hydrogens is 290 g/mol. The van der Waals surface area contributed by atoms with Gasteiger partial charge >= 0.3 is 0 Å². The molecule has 0 fully saturated rings. The average Bonchev–Trinajstić information content (AvgIpc) is 2.87. The lowest BCUT2D eigenvalue weighted by Gasteiger charge is -2.05. The lowest BCUT2D eigenvalue weighted by atomic mass is 10.2. The number of benzene rings is 1. The number of hydrogen-bond donors (Lipinski definition) is 0. The molecule has 0 amide bonds. The number of aromatic nitrogens is 3. The monoisotopic (exact) mass is 303 g/mol. The smallest absolute Gasteiger partial charge is 0.261 e. The number of hydrogen-bond acceptors (Lipinski definition) is 5. The van der Waals surface area contributed by atoms with Crippen molar-refractivity contribution in [3.63, 3.8) is 0 Å². The summed E-state index contributed by atoms with van der Waals surface area (Å²) in [4.78, 5) is 21.0. The van der Waals surface area contributed by atoms with Crippen LogP contribution in [0.3, 0.4) is 0 Å². The maximum absolute atomic E-state index is 12.3. The van der Waals surface area contributed by atoms with E-state index >= 15 is 0 Å². The first kappa shape index (κ1) is 13.3. The minimum atomic E-state index is 0.0199. The van der Waals surface area contributed by atoms with Gasteiger partial charge in [0.15, 0.2) is 0 Å². The van der Waals surface area contributed by atoms with Gasteiger partial charge in [-0.15, -0.1) is 11.3 Å². The molecule has 102 valence electrons. The van der Waals surface area contributed by atoms with Crippen molar-refractivity contribution in [2.24, 2.45) is 0 Å². The standard InChI is InChI=1S/C14H13N3OS2/c1-10-8-20-14(16-10)19-7-6-17-9-15-12-5-3-2-4-11(12)13(17)18/h2-5,8-9H,6-7H2,1H3. The van der Waals surface area contributed by atoms with E-state index in [1.807, 2.05) is 36.6 Å². The number of thiazole rings is 1. The fraction of sp³-hybridized carbons (Fsp3) is 0.214. The molecule has 3 rings (SSSR count). The molecule has 0 bridgehead atoms. The summed E-state index contributed by atoms with van der Waals surface area (Å²) in [6.45, 7) is 2.62. The molecule has 4 nitrogen and oxygen atoms in total. The van der Waals surface area contributed by atoms with Crippen LogP contribution in [0.5, 0.6) is 0 Å². The predicted octanol–water partition coefficient (Wildman–Crippen LogP) is 2.95. The third kappa shape index (κ3) is 2.76. The van der Waals surface area contributed by atoms with Crippen LogP contribution in [0.25, 0.3) is 10.9 Å². The van der Waals surface area contributed by atoms with Gasteiger partial charge in [-0.05, 0) is 19.1 Å². The van der Waals surface area contributed by atoms with Crippen molar-refractivity contribution < 1.29 is 0 Å². The van der Waals surface area contributed by atoms with Crippen LogP contribution in [-0.2, 0) is 6.54 Å². The van der Waals surface area contributed by atoms with Gasteiger partial charge in [-0.25, -0.2) is 9.97 Å². The van der Waals surface area contributed by atoms with Crippen LogP contribution in [0.2, 0.25) is 0 Å². The minimum Gasteiger partial charge on any atom is -0.298 e. The molecule has 0 atom stereocenters. The third-order valence-corrected chi connectivity index (χ3v) is 5.01. The molecule has 0 aliphatic heterocycles. The highest BCUT2D eigenvalue weighted by molar-refractivity contribution is 8.00. The van der Waals surface area contributed by atoms with E-state index in [1.165, 1.54) is 0 Å². The zero-order chi connectivity index (χ0) is 13.9. The van der Waals surface area contributed by atoms with E-state index in [1.54, 1.807) is 34.0 Å². The van der Waals surface area contributed by atoms with Crippen LogP contribution in [0.4, 0.5) is 0 Å². The SMILES string of the molecule is Cc1csc(SCCn2cnc3ccccc3c2=O)n1. The van der Waals surface area contributed by atoms with E-state index in [0.717, 1.165) is 21.3 Å². The van der Waals surface area contributed by atoms with Crippen LogP contribution < -0.4 is 5.56 Å². The van der Waals surface area contributed by atoms with Gasteiger partial charge in [0.05, 0.1) is 17.2 Å². The molecule has 3 aromatic rings. The number of thioether (sulfide) groups is 1. The zero-order valence-electron chi connectivity index (χ0n) is 10.9. The predicted molar refractivity (Wildman–Crippen MR) is 83.6 cm³/mol. The number of nitrogens with zero attached hydrogens (tertiary/aromatic N) is 3. The Balaban J connectivity index is 1.74. The van der Waals surface area contributed by atoms with Gasteiger partial charge in [0, 0.05) is 23.4 Å². The highest BCUT2D eigenvalue weighted by atomic mass is 32.2. The molecule has 0 radical (unpaired) electrons. The molecule has 6 heteroatoms. The van der Waals surface area contributed by atoms with Gasteiger partial charge in [0.2, 0.25) is 0 Å². The molecule has 0 aliphatic carbocycles. The largest absolute Gasteiger partial charge is 0.298 e. The number of para-hydroxylation sites is 1. The average molecular weight is 303 g/mol. The highest BCUT2D eigenvalue weighted by Gasteiger charge is 2.04. The Morgan fingerprint density at radius 3 is 3.00 bits per heavy atom. The molecule has 0 unspecified atom stereocenters. The first-order chi connectivity index (χ1) is 9.74. The van der Waals surface area contributed by atoms with E-state index in [4.69, 9.17) is 0 Å². The Bertz CT molecular complexity index is 794. The summed E-state index contributed by atoms with van der Waals surface area (Å²) >= 11 is 3.31. The Morgan fingerprint density at radius 2 is 2.20 bits per heavy atom. The molecule has 0 N–H and O–H groups in total. The lowest BCUT2D eigenvalue weighted by molar-refractivity contribution is 0.725. The van der Waals surface area contributed by atoms with E-state index < -0.39 is 0 Å². The molecule has 1 aromatic carbocycles. The number of rotatable bonds is 4. The molecule has 20 heavy (non-hydrogen) atoms. The minimum absolute atomic E-state index is 0.0199. The van der Waals surface area contributed by atoms with Gasteiger partial charge in [0.1, 0.15) is 4.34 Å². The molecule has 0 saturated heterocycles. The van der Waals surface area contributed by atoms with Gasteiger partial charge < -0.3 is 0 Å². The summed E-state index contributed by atoms with van der Waals surface area (Å²) in [6.07, 6.45) is 1.62. The van der Waals surface area contributed by atoms with Crippen LogP contribution in [-0.4, -0.2) is 20.3 Å². The summed E-state index contributed by atoms with van der Waals surface area (Å²) in [5.41, 5.74) is 1.81. The van der Waals surface area contributed by atoms with Crippen molar-refractivity contribution in [2.75, 3.05) is 5.75 Å². The van der Waals surface area contributed by atoms with Crippen LogP contribution in [0.1, 0.15) is 5.69 Å². The molecule has 2 heterocycles. The van der Waals surface area contributed by atoms with E-state index in [9.17, 15) is 4.79 Å². The number of fused-ring (bicyclic) bond motifs is 1. The molecule has 0 saturated carbocycles. The second-order valence-corrected chi connectivity index (χ2v) is 6.56.